The van der Waals surface area contributed by atoms with E-state index in [1.54, 1.807) is 0 Å². The van der Waals surface area contributed by atoms with Gasteiger partial charge < -0.3 is 15.4 Å². The molecule has 1 unspecified atom stereocenters. The molecule has 2 aromatic rings. The maximum absolute atomic E-state index is 15.7. The second-order valence-electron chi connectivity index (χ2n) is 9.21. The summed E-state index contributed by atoms with van der Waals surface area (Å²) < 4.78 is 51.8. The number of aromatic nitrogens is 1. The third-order valence-electron chi connectivity index (χ3n) is 6.58. The van der Waals surface area contributed by atoms with Crippen LogP contribution in [0.4, 0.5) is 18.9 Å². The zero-order chi connectivity index (χ0) is 24.0. The van der Waals surface area contributed by atoms with Crippen molar-refractivity contribution in [1.82, 2.24) is 10.3 Å². The number of nitriles is 1. The minimum absolute atomic E-state index is 0.0826. The van der Waals surface area contributed by atoms with Crippen molar-refractivity contribution >= 4 is 22.9 Å². The summed E-state index contributed by atoms with van der Waals surface area (Å²) in [6, 6.07) is 7.84. The molecule has 2 heterocycles. The van der Waals surface area contributed by atoms with Crippen LogP contribution >= 0.6 is 12.2 Å². The summed E-state index contributed by atoms with van der Waals surface area (Å²) in [6.45, 7) is 3.63. The van der Waals surface area contributed by atoms with Crippen molar-refractivity contribution in [2.45, 2.75) is 63.1 Å². The van der Waals surface area contributed by atoms with Crippen LogP contribution in [0.2, 0.25) is 0 Å². The Kier molecular flexibility index (Phi) is 5.87. The zero-order valence-corrected chi connectivity index (χ0v) is 19.5. The smallest absolute Gasteiger partial charge is 0.302 e. The van der Waals surface area contributed by atoms with Gasteiger partial charge in [-0.2, -0.15) is 5.26 Å². The summed E-state index contributed by atoms with van der Waals surface area (Å²) in [4.78, 5) is 4.53. The lowest BCUT2D eigenvalue weighted by atomic mass is 9.77. The highest BCUT2D eigenvalue weighted by atomic mass is 32.1. The average molecular weight is 475 g/mol. The summed E-state index contributed by atoms with van der Waals surface area (Å²) in [5.74, 6) is -4.26. The van der Waals surface area contributed by atoms with Crippen molar-refractivity contribution in [2.24, 2.45) is 0 Å². The van der Waals surface area contributed by atoms with Crippen molar-refractivity contribution in [3.05, 3.63) is 58.7 Å². The molecule has 4 rings (SSSR count). The monoisotopic (exact) mass is 474 g/mol. The predicted molar refractivity (Wildman–Crippen MR) is 123 cm³/mol. The van der Waals surface area contributed by atoms with Gasteiger partial charge in [0.05, 0.1) is 23.9 Å². The lowest BCUT2D eigenvalue weighted by Gasteiger charge is -2.44. The first-order chi connectivity index (χ1) is 15.5. The average Bonchev–Trinajstić information content (AvgIpc) is 2.83. The van der Waals surface area contributed by atoms with Crippen LogP contribution in [0.1, 0.15) is 62.0 Å². The first-order valence-corrected chi connectivity index (χ1v) is 11.2. The number of thiocarbonyl (C=S) groups is 1. The van der Waals surface area contributed by atoms with Crippen LogP contribution in [0, 0.1) is 17.1 Å². The fourth-order valence-electron chi connectivity index (χ4n) is 4.64. The normalized spacial score (nSPS) is 25.8. The number of nitrogens with one attached hydrogen (secondary N) is 2. The van der Waals surface area contributed by atoms with Crippen LogP contribution in [-0.4, -0.2) is 28.1 Å². The van der Waals surface area contributed by atoms with Gasteiger partial charge in [-0.15, -0.1) is 0 Å². The Hall–Kier alpha value is -2.70. The molecule has 1 fully saturated rings. The molecule has 0 saturated carbocycles. The van der Waals surface area contributed by atoms with Gasteiger partial charge in [0.25, 0.3) is 0 Å². The van der Waals surface area contributed by atoms with E-state index >= 15 is 13.2 Å². The number of nitrogens with zero attached hydrogens (tertiary/aromatic N) is 2. The van der Waals surface area contributed by atoms with Gasteiger partial charge in [0.1, 0.15) is 28.0 Å². The fraction of sp³-hybridized carbons (Fsp3) is 0.458. The zero-order valence-electron chi connectivity index (χ0n) is 18.6. The standard InChI is InChI=1S/C24H25F3N4OS/c1-22(2)24(26,27)23(3,31-20(33)13-32-22)17-10-16(7-8-18(17)25)30-19-6-4-5-15-9-14(11-28)12-29-21(15)19/h7-10,12,19,30H,4-6,13H2,1-3H3,(H,31,33)/t19?,23-/m1/s1. The summed E-state index contributed by atoms with van der Waals surface area (Å²) in [5.41, 5.74) is -1.44. The van der Waals surface area contributed by atoms with E-state index in [1.165, 1.54) is 45.2 Å². The Morgan fingerprint density at radius 2 is 2.03 bits per heavy atom. The number of hydrogen-bond acceptors (Lipinski definition) is 5. The molecule has 0 radical (unpaired) electrons. The van der Waals surface area contributed by atoms with Crippen LogP contribution in [0.3, 0.4) is 0 Å². The summed E-state index contributed by atoms with van der Waals surface area (Å²) in [7, 11) is 0. The number of ether oxygens (including phenoxy) is 1. The SMILES string of the molecule is CC1(C)OCC(=S)N[C@](C)(c2cc(NC3CCCc4cc(C#N)cnc43)ccc2F)C1(F)F. The van der Waals surface area contributed by atoms with E-state index in [9.17, 15) is 0 Å². The molecule has 2 atom stereocenters. The number of alkyl halides is 2. The van der Waals surface area contributed by atoms with Crippen LogP contribution in [0.25, 0.3) is 0 Å². The van der Waals surface area contributed by atoms with Crippen LogP contribution in [-0.2, 0) is 16.7 Å². The molecule has 1 aliphatic heterocycles. The first-order valence-electron chi connectivity index (χ1n) is 10.8. The van der Waals surface area contributed by atoms with E-state index in [0.717, 1.165) is 30.5 Å². The molecular weight excluding hydrogens is 449 g/mol. The van der Waals surface area contributed by atoms with Gasteiger partial charge in [-0.1, -0.05) is 12.2 Å². The highest BCUT2D eigenvalue weighted by molar-refractivity contribution is 7.80. The van der Waals surface area contributed by atoms with Gasteiger partial charge in [-0.25, -0.2) is 13.2 Å². The highest BCUT2D eigenvalue weighted by Crippen LogP contribution is 2.48. The van der Waals surface area contributed by atoms with Gasteiger partial charge in [-0.05, 0) is 69.9 Å². The molecule has 0 spiro atoms. The number of rotatable bonds is 3. The van der Waals surface area contributed by atoms with Gasteiger partial charge in [0.2, 0.25) is 0 Å². The molecule has 0 amide bonds. The predicted octanol–water partition coefficient (Wildman–Crippen LogP) is 5.16. The largest absolute Gasteiger partial charge is 0.377 e. The van der Waals surface area contributed by atoms with E-state index in [0.29, 0.717) is 11.3 Å². The van der Waals surface area contributed by atoms with E-state index in [1.807, 2.05) is 6.07 Å². The van der Waals surface area contributed by atoms with Crippen molar-refractivity contribution in [3.8, 4) is 6.07 Å². The molecule has 1 aromatic heterocycles. The van der Waals surface area contributed by atoms with E-state index < -0.39 is 22.9 Å². The Morgan fingerprint density at radius 1 is 1.27 bits per heavy atom. The number of fused-ring (bicyclic) bond motifs is 1. The van der Waals surface area contributed by atoms with Crippen molar-refractivity contribution in [3.63, 3.8) is 0 Å². The van der Waals surface area contributed by atoms with E-state index in [4.69, 9.17) is 22.2 Å². The van der Waals surface area contributed by atoms with Crippen molar-refractivity contribution in [2.75, 3.05) is 11.9 Å². The Bertz CT molecular complexity index is 1150. The molecule has 2 N–H and O–H groups in total. The quantitative estimate of drug-likeness (QED) is 0.599. The minimum Gasteiger partial charge on any atom is -0.377 e. The van der Waals surface area contributed by atoms with Crippen molar-refractivity contribution < 1.29 is 17.9 Å². The van der Waals surface area contributed by atoms with Gasteiger partial charge in [0, 0.05) is 17.4 Å². The van der Waals surface area contributed by atoms with Crippen LogP contribution in [0.5, 0.6) is 0 Å². The number of halogens is 3. The summed E-state index contributed by atoms with van der Waals surface area (Å²) in [5, 5.41) is 15.1. The lowest BCUT2D eigenvalue weighted by Crippen LogP contribution is -2.62. The Balaban J connectivity index is 1.72. The molecule has 0 bridgehead atoms. The number of pyridine rings is 1. The third kappa shape index (κ3) is 3.96. The highest BCUT2D eigenvalue weighted by Gasteiger charge is 2.64. The Labute approximate surface area is 196 Å². The van der Waals surface area contributed by atoms with Gasteiger partial charge in [0.15, 0.2) is 0 Å². The molecule has 2 aliphatic rings. The lowest BCUT2D eigenvalue weighted by molar-refractivity contribution is -0.216. The number of aryl methyl sites for hydroxylation is 1. The fourth-order valence-corrected chi connectivity index (χ4v) is 4.90. The number of benzene rings is 1. The molecule has 5 nitrogen and oxygen atoms in total. The second-order valence-corrected chi connectivity index (χ2v) is 9.70. The van der Waals surface area contributed by atoms with Crippen LogP contribution < -0.4 is 10.6 Å². The minimum atomic E-state index is -3.49. The third-order valence-corrected chi connectivity index (χ3v) is 6.80. The topological polar surface area (TPSA) is 70.0 Å². The summed E-state index contributed by atoms with van der Waals surface area (Å²) >= 11 is 5.18. The molecular formula is C24H25F3N4OS. The van der Waals surface area contributed by atoms with Gasteiger partial charge in [-0.3, -0.25) is 4.98 Å². The maximum atomic E-state index is 15.7. The molecule has 1 aliphatic carbocycles. The molecule has 174 valence electrons. The first kappa shape index (κ1) is 23.5. The second kappa shape index (κ2) is 8.26. The van der Waals surface area contributed by atoms with Crippen LogP contribution in [0.15, 0.2) is 30.5 Å². The maximum Gasteiger partial charge on any atom is 0.302 e. The van der Waals surface area contributed by atoms with Gasteiger partial charge >= 0.3 is 5.92 Å². The summed E-state index contributed by atoms with van der Waals surface area (Å²) in [6.07, 6.45) is 3.99. The molecule has 1 saturated heterocycles. The van der Waals surface area contributed by atoms with Crippen molar-refractivity contribution in [1.29, 1.82) is 5.26 Å². The number of anilines is 1. The molecule has 1 aromatic carbocycles. The number of hydrogen-bond donors (Lipinski definition) is 2. The Morgan fingerprint density at radius 3 is 2.76 bits per heavy atom. The van der Waals surface area contributed by atoms with E-state index in [-0.39, 0.29) is 23.2 Å². The van der Waals surface area contributed by atoms with E-state index in [2.05, 4.69) is 21.7 Å². The molecule has 33 heavy (non-hydrogen) atoms. The molecule has 9 heteroatoms.